The highest BCUT2D eigenvalue weighted by Crippen LogP contribution is 2.27. The van der Waals surface area contributed by atoms with E-state index in [4.69, 9.17) is 11.6 Å². The minimum atomic E-state index is -0.128. The van der Waals surface area contributed by atoms with Gasteiger partial charge in [0.2, 0.25) is 0 Å². The molecule has 1 aromatic carbocycles. The van der Waals surface area contributed by atoms with E-state index in [1.807, 2.05) is 42.6 Å². The van der Waals surface area contributed by atoms with Crippen LogP contribution in [0.5, 0.6) is 0 Å². The van der Waals surface area contributed by atoms with Gasteiger partial charge >= 0.3 is 0 Å². The van der Waals surface area contributed by atoms with Gasteiger partial charge < -0.3 is 5.32 Å². The van der Waals surface area contributed by atoms with Crippen molar-refractivity contribution in [2.75, 3.05) is 5.33 Å². The average Bonchev–Trinajstić information content (AvgIpc) is 2.77. The van der Waals surface area contributed by atoms with Crippen LogP contribution in [0, 0.1) is 6.92 Å². The fourth-order valence-corrected chi connectivity index (χ4v) is 3.42. The summed E-state index contributed by atoms with van der Waals surface area (Å²) in [6, 6.07) is 9.79. The van der Waals surface area contributed by atoms with Crippen molar-refractivity contribution in [1.29, 1.82) is 0 Å². The van der Waals surface area contributed by atoms with Crippen LogP contribution in [0.4, 0.5) is 0 Å². The Balaban J connectivity index is 2.15. The van der Waals surface area contributed by atoms with Gasteiger partial charge in [0.1, 0.15) is 4.88 Å². The monoisotopic (exact) mass is 357 g/mol. The number of carbonyl (C=O) groups excluding carboxylic acids is 1. The van der Waals surface area contributed by atoms with Crippen LogP contribution in [0.1, 0.15) is 26.8 Å². The van der Waals surface area contributed by atoms with Crippen molar-refractivity contribution in [1.82, 2.24) is 5.32 Å². The number of alkyl halides is 1. The first-order valence-electron chi connectivity index (χ1n) is 5.79. The minimum absolute atomic E-state index is 0.0628. The van der Waals surface area contributed by atoms with E-state index >= 15 is 0 Å². The summed E-state index contributed by atoms with van der Waals surface area (Å²) in [6.07, 6.45) is 0. The molecule has 19 heavy (non-hydrogen) atoms. The van der Waals surface area contributed by atoms with E-state index in [0.29, 0.717) is 15.2 Å². The van der Waals surface area contributed by atoms with E-state index in [0.717, 1.165) is 11.1 Å². The van der Waals surface area contributed by atoms with E-state index in [-0.39, 0.29) is 11.9 Å². The maximum absolute atomic E-state index is 12.2. The van der Waals surface area contributed by atoms with Gasteiger partial charge in [0.25, 0.3) is 5.91 Å². The molecule has 2 rings (SSSR count). The Kier molecular flexibility index (Phi) is 5.02. The van der Waals surface area contributed by atoms with Crippen molar-refractivity contribution in [3.05, 3.63) is 56.7 Å². The van der Waals surface area contributed by atoms with Crippen molar-refractivity contribution < 1.29 is 4.79 Å². The summed E-state index contributed by atoms with van der Waals surface area (Å²) in [6.45, 7) is 1.90. The first-order valence-corrected chi connectivity index (χ1v) is 8.16. The number of benzene rings is 1. The molecule has 5 heteroatoms. The predicted molar refractivity (Wildman–Crippen MR) is 84.5 cm³/mol. The Hall–Kier alpha value is -0.840. The molecule has 0 aliphatic rings. The molecule has 0 aliphatic carbocycles. The van der Waals surface area contributed by atoms with Gasteiger partial charge in [-0.25, -0.2) is 0 Å². The number of rotatable bonds is 4. The molecule has 2 aromatic rings. The molecule has 2 nitrogen and oxygen atoms in total. The Labute approximate surface area is 129 Å². The molecule has 0 fully saturated rings. The topological polar surface area (TPSA) is 29.1 Å². The third kappa shape index (κ3) is 3.38. The van der Waals surface area contributed by atoms with E-state index in [2.05, 4.69) is 21.2 Å². The van der Waals surface area contributed by atoms with Crippen molar-refractivity contribution in [2.45, 2.75) is 13.0 Å². The van der Waals surface area contributed by atoms with Crippen LogP contribution in [0.2, 0.25) is 5.02 Å². The SMILES string of the molecule is Cc1csc(C(=O)NC(CBr)c2ccccc2)c1Cl. The normalized spacial score (nSPS) is 12.2. The van der Waals surface area contributed by atoms with Crippen molar-refractivity contribution in [2.24, 2.45) is 0 Å². The second-order valence-electron chi connectivity index (χ2n) is 4.15. The van der Waals surface area contributed by atoms with Gasteiger partial charge in [-0.2, -0.15) is 0 Å². The molecule has 0 saturated carbocycles. The third-order valence-corrected chi connectivity index (χ3v) is 5.11. The standard InChI is InChI=1S/C14H13BrClNOS/c1-9-8-19-13(12(9)16)14(18)17-11(7-15)10-5-3-2-4-6-10/h2-6,8,11H,7H2,1H3,(H,17,18). The third-order valence-electron chi connectivity index (χ3n) is 2.77. The van der Waals surface area contributed by atoms with E-state index in [9.17, 15) is 4.79 Å². The highest BCUT2D eigenvalue weighted by Gasteiger charge is 2.18. The fourth-order valence-electron chi connectivity index (χ4n) is 1.70. The first-order chi connectivity index (χ1) is 9.13. The molecule has 1 aromatic heterocycles. The quantitative estimate of drug-likeness (QED) is 0.797. The number of nitrogens with one attached hydrogen (secondary N) is 1. The number of hydrogen-bond acceptors (Lipinski definition) is 2. The number of amides is 1. The number of hydrogen-bond donors (Lipinski definition) is 1. The van der Waals surface area contributed by atoms with Crippen molar-refractivity contribution in [3.63, 3.8) is 0 Å². The van der Waals surface area contributed by atoms with Gasteiger partial charge in [-0.1, -0.05) is 57.9 Å². The van der Waals surface area contributed by atoms with E-state index in [1.54, 1.807) is 0 Å². The summed E-state index contributed by atoms with van der Waals surface area (Å²) in [4.78, 5) is 12.8. The lowest BCUT2D eigenvalue weighted by molar-refractivity contribution is 0.0945. The second kappa shape index (κ2) is 6.55. The molecule has 100 valence electrons. The average molecular weight is 359 g/mol. The fraction of sp³-hybridized carbons (Fsp3) is 0.214. The molecule has 0 spiro atoms. The number of thiophene rings is 1. The summed E-state index contributed by atoms with van der Waals surface area (Å²) in [5.74, 6) is -0.128. The lowest BCUT2D eigenvalue weighted by Crippen LogP contribution is -2.29. The van der Waals surface area contributed by atoms with Gasteiger partial charge in [0.05, 0.1) is 11.1 Å². The van der Waals surface area contributed by atoms with Gasteiger partial charge in [0, 0.05) is 5.33 Å². The molecule has 0 aliphatic heterocycles. The molecule has 1 atom stereocenters. The zero-order valence-electron chi connectivity index (χ0n) is 10.3. The summed E-state index contributed by atoms with van der Waals surface area (Å²) < 4.78 is 0. The Morgan fingerprint density at radius 2 is 2.11 bits per heavy atom. The molecule has 0 saturated heterocycles. The van der Waals surface area contributed by atoms with E-state index < -0.39 is 0 Å². The maximum Gasteiger partial charge on any atom is 0.263 e. The molecule has 0 radical (unpaired) electrons. The predicted octanol–water partition coefficient (Wildman–Crippen LogP) is 4.58. The summed E-state index contributed by atoms with van der Waals surface area (Å²) in [5.41, 5.74) is 2.00. The molecular weight excluding hydrogens is 346 g/mol. The molecule has 0 bridgehead atoms. The Morgan fingerprint density at radius 1 is 1.42 bits per heavy atom. The summed E-state index contributed by atoms with van der Waals surface area (Å²) >= 11 is 10.9. The van der Waals surface area contributed by atoms with Gasteiger partial charge in [0.15, 0.2) is 0 Å². The van der Waals surface area contributed by atoms with Gasteiger partial charge in [-0.3, -0.25) is 4.79 Å². The second-order valence-corrected chi connectivity index (χ2v) is 6.06. The van der Waals surface area contributed by atoms with E-state index in [1.165, 1.54) is 11.3 Å². The van der Waals surface area contributed by atoms with Crippen molar-refractivity contribution >= 4 is 44.8 Å². The zero-order chi connectivity index (χ0) is 13.8. The smallest absolute Gasteiger partial charge is 0.263 e. The Morgan fingerprint density at radius 3 is 2.63 bits per heavy atom. The highest BCUT2D eigenvalue weighted by atomic mass is 79.9. The maximum atomic E-state index is 12.2. The number of carbonyl (C=O) groups is 1. The van der Waals surface area contributed by atoms with Crippen LogP contribution >= 0.6 is 38.9 Å². The summed E-state index contributed by atoms with van der Waals surface area (Å²) in [7, 11) is 0. The number of aryl methyl sites for hydroxylation is 1. The number of halogens is 2. The van der Waals surface area contributed by atoms with Crippen molar-refractivity contribution in [3.8, 4) is 0 Å². The molecule has 1 heterocycles. The van der Waals surface area contributed by atoms with Gasteiger partial charge in [-0.05, 0) is 23.4 Å². The first kappa shape index (κ1) is 14.6. The van der Waals surface area contributed by atoms with Crippen LogP contribution in [0.3, 0.4) is 0 Å². The molecular formula is C14H13BrClNOS. The van der Waals surface area contributed by atoms with Gasteiger partial charge in [-0.15, -0.1) is 11.3 Å². The lowest BCUT2D eigenvalue weighted by atomic mass is 10.1. The van der Waals surface area contributed by atoms with Crippen LogP contribution in [0.15, 0.2) is 35.7 Å². The lowest BCUT2D eigenvalue weighted by Gasteiger charge is -2.16. The van der Waals surface area contributed by atoms with Crippen LogP contribution in [-0.4, -0.2) is 11.2 Å². The Bertz CT molecular complexity index is 570. The summed E-state index contributed by atoms with van der Waals surface area (Å²) in [5, 5.41) is 6.09. The zero-order valence-corrected chi connectivity index (χ0v) is 13.5. The molecule has 1 N–H and O–H groups in total. The largest absolute Gasteiger partial charge is 0.344 e. The minimum Gasteiger partial charge on any atom is -0.344 e. The molecule has 1 unspecified atom stereocenters. The van der Waals surface area contributed by atoms with Crippen LogP contribution in [-0.2, 0) is 0 Å². The highest BCUT2D eigenvalue weighted by molar-refractivity contribution is 9.09. The molecule has 1 amide bonds. The van der Waals surface area contributed by atoms with Crippen LogP contribution < -0.4 is 5.32 Å². The van der Waals surface area contributed by atoms with Crippen LogP contribution in [0.25, 0.3) is 0 Å².